The molecule has 1 rings (SSSR count). The van der Waals surface area contributed by atoms with Gasteiger partial charge < -0.3 is 9.47 Å². The van der Waals surface area contributed by atoms with Crippen LogP contribution in [0.5, 0.6) is 5.75 Å². The Hall–Kier alpha value is -2.08. The SMILES string of the molecule is CC(=O)OCCOc1ccccc1C(=O)NN. The average molecular weight is 238 g/mol. The van der Waals surface area contributed by atoms with Crippen LogP contribution in [-0.4, -0.2) is 25.1 Å². The Labute approximate surface area is 98.7 Å². The van der Waals surface area contributed by atoms with E-state index in [-0.39, 0.29) is 19.2 Å². The molecule has 0 aromatic heterocycles. The fourth-order valence-electron chi connectivity index (χ4n) is 1.19. The molecule has 0 spiro atoms. The Kier molecular flexibility index (Phi) is 4.96. The molecule has 6 nitrogen and oxygen atoms in total. The second-order valence-corrected chi connectivity index (χ2v) is 3.16. The molecule has 3 N–H and O–H groups in total. The zero-order valence-electron chi connectivity index (χ0n) is 9.43. The third kappa shape index (κ3) is 4.12. The van der Waals surface area contributed by atoms with Gasteiger partial charge in [0.2, 0.25) is 0 Å². The molecule has 0 saturated carbocycles. The van der Waals surface area contributed by atoms with E-state index in [9.17, 15) is 9.59 Å². The molecule has 1 aromatic carbocycles. The first-order valence-corrected chi connectivity index (χ1v) is 5.01. The average Bonchev–Trinajstić information content (AvgIpc) is 2.34. The summed E-state index contributed by atoms with van der Waals surface area (Å²) in [7, 11) is 0. The molecule has 0 aliphatic carbocycles. The first-order chi connectivity index (χ1) is 8.15. The van der Waals surface area contributed by atoms with Crippen molar-refractivity contribution in [3.63, 3.8) is 0 Å². The second-order valence-electron chi connectivity index (χ2n) is 3.16. The summed E-state index contributed by atoms with van der Waals surface area (Å²) in [5, 5.41) is 0. The first-order valence-electron chi connectivity index (χ1n) is 5.01. The topological polar surface area (TPSA) is 90.6 Å². The van der Waals surface area contributed by atoms with Gasteiger partial charge in [-0.2, -0.15) is 0 Å². The summed E-state index contributed by atoms with van der Waals surface area (Å²) in [5.41, 5.74) is 2.36. The Bertz CT molecular complexity index is 406. The molecule has 0 unspecified atom stereocenters. The van der Waals surface area contributed by atoms with Crippen LogP contribution in [0.15, 0.2) is 24.3 Å². The largest absolute Gasteiger partial charge is 0.489 e. The highest BCUT2D eigenvalue weighted by molar-refractivity contribution is 5.96. The molecule has 0 bridgehead atoms. The molecule has 1 aromatic rings. The fourth-order valence-corrected chi connectivity index (χ4v) is 1.19. The predicted molar refractivity (Wildman–Crippen MR) is 60.2 cm³/mol. The van der Waals surface area contributed by atoms with Gasteiger partial charge in [-0.3, -0.25) is 15.0 Å². The third-order valence-corrected chi connectivity index (χ3v) is 1.91. The van der Waals surface area contributed by atoms with Crippen LogP contribution in [0, 0.1) is 0 Å². The van der Waals surface area contributed by atoms with E-state index < -0.39 is 5.91 Å². The predicted octanol–water partition coefficient (Wildman–Crippen LogP) is 0.232. The van der Waals surface area contributed by atoms with Gasteiger partial charge in [-0.15, -0.1) is 0 Å². The molecule has 0 fully saturated rings. The van der Waals surface area contributed by atoms with Gasteiger partial charge in [0, 0.05) is 6.92 Å². The van der Waals surface area contributed by atoms with Crippen molar-refractivity contribution in [1.82, 2.24) is 5.43 Å². The highest BCUT2D eigenvalue weighted by Gasteiger charge is 2.10. The van der Waals surface area contributed by atoms with Crippen LogP contribution >= 0.6 is 0 Å². The number of amides is 1. The van der Waals surface area contributed by atoms with E-state index in [0.29, 0.717) is 11.3 Å². The van der Waals surface area contributed by atoms with Crippen LogP contribution in [0.1, 0.15) is 17.3 Å². The Morgan fingerprint density at radius 3 is 2.65 bits per heavy atom. The summed E-state index contributed by atoms with van der Waals surface area (Å²) in [4.78, 5) is 21.9. The van der Waals surface area contributed by atoms with Crippen LogP contribution in [0.4, 0.5) is 0 Å². The van der Waals surface area contributed by atoms with Gasteiger partial charge in [0.15, 0.2) is 0 Å². The molecule has 0 saturated heterocycles. The molecule has 0 heterocycles. The second kappa shape index (κ2) is 6.49. The number of ether oxygens (including phenoxy) is 2. The molecule has 17 heavy (non-hydrogen) atoms. The highest BCUT2D eigenvalue weighted by atomic mass is 16.6. The third-order valence-electron chi connectivity index (χ3n) is 1.91. The van der Waals surface area contributed by atoms with E-state index in [2.05, 4.69) is 0 Å². The molecule has 0 atom stereocenters. The summed E-state index contributed by atoms with van der Waals surface area (Å²) in [6, 6.07) is 6.65. The minimum absolute atomic E-state index is 0.133. The number of hydrogen-bond donors (Lipinski definition) is 2. The molecule has 0 radical (unpaired) electrons. The molecular formula is C11H14N2O4. The molecular weight excluding hydrogens is 224 g/mol. The maximum absolute atomic E-state index is 11.4. The minimum Gasteiger partial charge on any atom is -0.489 e. The normalized spacial score (nSPS) is 9.53. The van der Waals surface area contributed by atoms with Crippen molar-refractivity contribution in [2.75, 3.05) is 13.2 Å². The lowest BCUT2D eigenvalue weighted by Crippen LogP contribution is -2.30. The smallest absolute Gasteiger partial charge is 0.302 e. The maximum atomic E-state index is 11.4. The number of carbonyl (C=O) groups excluding carboxylic acids is 2. The van der Waals surface area contributed by atoms with Gasteiger partial charge in [0.25, 0.3) is 5.91 Å². The van der Waals surface area contributed by atoms with Crippen LogP contribution in [0.2, 0.25) is 0 Å². The van der Waals surface area contributed by atoms with E-state index in [1.54, 1.807) is 24.3 Å². The van der Waals surface area contributed by atoms with Crippen molar-refractivity contribution in [2.24, 2.45) is 5.84 Å². The summed E-state index contributed by atoms with van der Waals surface area (Å²) in [5.74, 6) is 4.62. The van der Waals surface area contributed by atoms with Crippen molar-refractivity contribution < 1.29 is 19.1 Å². The van der Waals surface area contributed by atoms with Crippen LogP contribution in [-0.2, 0) is 9.53 Å². The van der Waals surface area contributed by atoms with Crippen LogP contribution in [0.3, 0.4) is 0 Å². The number of carbonyl (C=O) groups is 2. The Morgan fingerprint density at radius 1 is 1.29 bits per heavy atom. The molecule has 6 heteroatoms. The number of rotatable bonds is 5. The molecule has 1 amide bonds. The van der Waals surface area contributed by atoms with Crippen molar-refractivity contribution in [2.45, 2.75) is 6.92 Å². The van der Waals surface area contributed by atoms with E-state index >= 15 is 0 Å². The zero-order valence-corrected chi connectivity index (χ0v) is 9.43. The van der Waals surface area contributed by atoms with Crippen molar-refractivity contribution in [3.05, 3.63) is 29.8 Å². The lowest BCUT2D eigenvalue weighted by molar-refractivity contribution is -0.141. The van der Waals surface area contributed by atoms with E-state index in [1.165, 1.54) is 6.92 Å². The van der Waals surface area contributed by atoms with Crippen molar-refractivity contribution >= 4 is 11.9 Å². The number of hydrogen-bond acceptors (Lipinski definition) is 5. The van der Waals surface area contributed by atoms with Gasteiger partial charge in [-0.1, -0.05) is 12.1 Å². The van der Waals surface area contributed by atoms with Gasteiger partial charge >= 0.3 is 5.97 Å². The monoisotopic (exact) mass is 238 g/mol. The zero-order chi connectivity index (χ0) is 12.7. The van der Waals surface area contributed by atoms with Crippen LogP contribution < -0.4 is 16.0 Å². The van der Waals surface area contributed by atoms with Crippen molar-refractivity contribution in [3.8, 4) is 5.75 Å². The number of para-hydroxylation sites is 1. The lowest BCUT2D eigenvalue weighted by atomic mass is 10.2. The summed E-state index contributed by atoms with van der Waals surface area (Å²) >= 11 is 0. The minimum atomic E-state index is -0.437. The summed E-state index contributed by atoms with van der Waals surface area (Å²) in [6.45, 7) is 1.62. The van der Waals surface area contributed by atoms with Gasteiger partial charge in [-0.05, 0) is 12.1 Å². The number of esters is 1. The molecule has 0 aliphatic rings. The Balaban J connectivity index is 2.58. The van der Waals surface area contributed by atoms with Crippen LogP contribution in [0.25, 0.3) is 0 Å². The molecule has 92 valence electrons. The van der Waals surface area contributed by atoms with E-state index in [1.807, 2.05) is 5.43 Å². The number of hydrazine groups is 1. The number of benzene rings is 1. The van der Waals surface area contributed by atoms with Crippen molar-refractivity contribution in [1.29, 1.82) is 0 Å². The fraction of sp³-hybridized carbons (Fsp3) is 0.273. The number of nitrogens with two attached hydrogens (primary N) is 1. The first kappa shape index (κ1) is 13.0. The summed E-state index contributed by atoms with van der Waals surface area (Å²) in [6.07, 6.45) is 0. The number of nitrogen functional groups attached to an aromatic ring is 1. The molecule has 0 aliphatic heterocycles. The number of nitrogens with one attached hydrogen (secondary N) is 1. The van der Waals surface area contributed by atoms with Gasteiger partial charge in [0.05, 0.1) is 5.56 Å². The van der Waals surface area contributed by atoms with E-state index in [0.717, 1.165) is 0 Å². The quantitative estimate of drug-likeness (QED) is 0.252. The van der Waals surface area contributed by atoms with Gasteiger partial charge in [-0.25, -0.2) is 5.84 Å². The standard InChI is InChI=1S/C11H14N2O4/c1-8(14)16-6-7-17-10-5-3-2-4-9(10)11(15)13-12/h2-5H,6-7,12H2,1H3,(H,13,15). The van der Waals surface area contributed by atoms with Gasteiger partial charge in [0.1, 0.15) is 19.0 Å². The highest BCUT2D eigenvalue weighted by Crippen LogP contribution is 2.17. The Morgan fingerprint density at radius 2 is 2.00 bits per heavy atom. The lowest BCUT2D eigenvalue weighted by Gasteiger charge is -2.10. The van der Waals surface area contributed by atoms with E-state index in [4.69, 9.17) is 15.3 Å². The maximum Gasteiger partial charge on any atom is 0.302 e. The summed E-state index contributed by atoms with van der Waals surface area (Å²) < 4.78 is 10.0.